The largest absolute Gasteiger partial charge is 0.389 e. The van der Waals surface area contributed by atoms with Gasteiger partial charge in [0.1, 0.15) is 0 Å². The molecule has 0 aliphatic heterocycles. The Bertz CT molecular complexity index is 192. The van der Waals surface area contributed by atoms with Crippen molar-refractivity contribution in [2.45, 2.75) is 32.9 Å². The predicted octanol–water partition coefficient (Wildman–Crippen LogP) is 4.04. The van der Waals surface area contributed by atoms with Crippen molar-refractivity contribution >= 4 is 29.9 Å². The zero-order chi connectivity index (χ0) is 11.7. The molecule has 3 nitrogen and oxygen atoms in total. The molecule has 0 aromatic heterocycles. The van der Waals surface area contributed by atoms with E-state index in [1.54, 1.807) is 0 Å². The van der Waals surface area contributed by atoms with Crippen LogP contribution in [0.1, 0.15) is 27.7 Å². The van der Waals surface area contributed by atoms with E-state index in [-0.39, 0.29) is 0 Å². The summed E-state index contributed by atoms with van der Waals surface area (Å²) in [6.45, 7) is 5.78. The van der Waals surface area contributed by atoms with Crippen LogP contribution >= 0.6 is 29.9 Å². The number of hydrogen-bond acceptors (Lipinski definition) is 5. The molecule has 92 valence electrons. The topological polar surface area (TPSA) is 35.5 Å². The molecule has 0 spiro atoms. The Morgan fingerprint density at radius 1 is 1.20 bits per heavy atom. The van der Waals surface area contributed by atoms with Gasteiger partial charge in [-0.15, -0.1) is 0 Å². The normalized spacial score (nSPS) is 14.1. The summed E-state index contributed by atoms with van der Waals surface area (Å²) in [5, 5.41) is 0.291. The average Bonchev–Trinajstić information content (AvgIpc) is 2.15. The summed E-state index contributed by atoms with van der Waals surface area (Å²) in [6, 6.07) is 0. The fourth-order valence-electron chi connectivity index (χ4n) is 0.949. The highest BCUT2D eigenvalue weighted by molar-refractivity contribution is 8.55. The zero-order valence-corrected chi connectivity index (χ0v) is 12.4. The van der Waals surface area contributed by atoms with Crippen molar-refractivity contribution in [2.24, 2.45) is 0 Å². The molecular formula is C9H21O3PS2. The van der Waals surface area contributed by atoms with E-state index in [9.17, 15) is 4.57 Å². The third kappa shape index (κ3) is 7.70. The fourth-order valence-corrected chi connectivity index (χ4v) is 6.19. The van der Waals surface area contributed by atoms with Gasteiger partial charge in [0, 0.05) is 11.0 Å². The lowest BCUT2D eigenvalue weighted by molar-refractivity contribution is 0.237. The lowest BCUT2D eigenvalue weighted by atomic mass is 10.6. The number of thioether (sulfide) groups is 1. The SMILES string of the molecule is CCOP(=O)(OCC)SC(C)CSCC. The average molecular weight is 272 g/mol. The second-order valence-corrected chi connectivity index (χ2v) is 8.58. The van der Waals surface area contributed by atoms with Crippen LogP contribution in [0, 0.1) is 0 Å². The molecule has 0 aromatic rings. The van der Waals surface area contributed by atoms with Crippen LogP contribution in [-0.2, 0) is 13.6 Å². The van der Waals surface area contributed by atoms with Gasteiger partial charge in [-0.3, -0.25) is 0 Å². The Morgan fingerprint density at radius 2 is 1.73 bits per heavy atom. The van der Waals surface area contributed by atoms with Crippen molar-refractivity contribution in [3.8, 4) is 0 Å². The van der Waals surface area contributed by atoms with Crippen LogP contribution in [0.5, 0.6) is 0 Å². The standard InChI is InChI=1S/C9H21O3PS2/c1-5-11-13(10,12-6-2)15-9(4)8-14-7-3/h9H,5-8H2,1-4H3. The van der Waals surface area contributed by atoms with E-state index in [0.717, 1.165) is 11.5 Å². The first kappa shape index (κ1) is 15.9. The van der Waals surface area contributed by atoms with E-state index in [1.807, 2.05) is 25.6 Å². The van der Waals surface area contributed by atoms with E-state index in [0.29, 0.717) is 18.5 Å². The van der Waals surface area contributed by atoms with Gasteiger partial charge >= 0.3 is 6.80 Å². The molecule has 0 amide bonds. The minimum Gasteiger partial charge on any atom is -0.301 e. The summed E-state index contributed by atoms with van der Waals surface area (Å²) >= 11 is 3.17. The third-order valence-electron chi connectivity index (χ3n) is 1.44. The van der Waals surface area contributed by atoms with E-state index < -0.39 is 6.80 Å². The van der Waals surface area contributed by atoms with Crippen LogP contribution < -0.4 is 0 Å². The highest BCUT2D eigenvalue weighted by atomic mass is 32.7. The summed E-state index contributed by atoms with van der Waals surface area (Å²) in [4.78, 5) is 0. The maximum atomic E-state index is 12.1. The second kappa shape index (κ2) is 8.94. The lowest BCUT2D eigenvalue weighted by Gasteiger charge is -2.19. The molecule has 0 aliphatic carbocycles. The van der Waals surface area contributed by atoms with Crippen LogP contribution in [0.4, 0.5) is 0 Å². The molecule has 0 saturated heterocycles. The fraction of sp³-hybridized carbons (Fsp3) is 1.00. The number of hydrogen-bond donors (Lipinski definition) is 0. The third-order valence-corrected chi connectivity index (χ3v) is 7.22. The Balaban J connectivity index is 4.08. The quantitative estimate of drug-likeness (QED) is 0.592. The minimum atomic E-state index is -2.91. The summed E-state index contributed by atoms with van der Waals surface area (Å²) in [5.41, 5.74) is 0. The molecule has 15 heavy (non-hydrogen) atoms. The first-order chi connectivity index (χ1) is 7.08. The van der Waals surface area contributed by atoms with Crippen molar-refractivity contribution in [3.63, 3.8) is 0 Å². The summed E-state index contributed by atoms with van der Waals surface area (Å²) in [5.74, 6) is 2.06. The van der Waals surface area contributed by atoms with Crippen LogP contribution in [0.3, 0.4) is 0 Å². The van der Waals surface area contributed by atoms with Crippen molar-refractivity contribution in [2.75, 3.05) is 24.7 Å². The van der Waals surface area contributed by atoms with Gasteiger partial charge in [-0.1, -0.05) is 13.8 Å². The van der Waals surface area contributed by atoms with E-state index in [2.05, 4.69) is 13.8 Å². The maximum absolute atomic E-state index is 12.1. The lowest BCUT2D eigenvalue weighted by Crippen LogP contribution is -2.03. The van der Waals surface area contributed by atoms with Crippen molar-refractivity contribution < 1.29 is 13.6 Å². The molecule has 0 fully saturated rings. The molecular weight excluding hydrogens is 251 g/mol. The maximum Gasteiger partial charge on any atom is 0.389 e. The highest BCUT2D eigenvalue weighted by Crippen LogP contribution is 2.62. The smallest absolute Gasteiger partial charge is 0.301 e. The molecule has 0 aromatic carbocycles. The Kier molecular flexibility index (Phi) is 9.45. The molecule has 0 saturated carbocycles. The second-order valence-electron chi connectivity index (χ2n) is 2.86. The van der Waals surface area contributed by atoms with Gasteiger partial charge in [-0.25, -0.2) is 4.57 Å². The summed E-state index contributed by atoms with van der Waals surface area (Å²) in [6.07, 6.45) is 0. The van der Waals surface area contributed by atoms with Crippen LogP contribution in [-0.4, -0.2) is 30.0 Å². The van der Waals surface area contributed by atoms with E-state index in [4.69, 9.17) is 9.05 Å². The van der Waals surface area contributed by atoms with Crippen LogP contribution in [0.15, 0.2) is 0 Å². The first-order valence-electron chi connectivity index (χ1n) is 5.23. The van der Waals surface area contributed by atoms with Gasteiger partial charge < -0.3 is 9.05 Å². The molecule has 0 N–H and O–H groups in total. The monoisotopic (exact) mass is 272 g/mol. The Hall–Kier alpha value is 0.850. The zero-order valence-electron chi connectivity index (χ0n) is 9.89. The highest BCUT2D eigenvalue weighted by Gasteiger charge is 2.27. The minimum absolute atomic E-state index is 0.291. The molecule has 0 bridgehead atoms. The van der Waals surface area contributed by atoms with Crippen molar-refractivity contribution in [1.29, 1.82) is 0 Å². The van der Waals surface area contributed by atoms with Crippen molar-refractivity contribution in [3.05, 3.63) is 0 Å². The van der Waals surface area contributed by atoms with Gasteiger partial charge in [0.25, 0.3) is 0 Å². The Labute approximate surface area is 101 Å². The van der Waals surface area contributed by atoms with E-state index in [1.165, 1.54) is 11.4 Å². The van der Waals surface area contributed by atoms with Gasteiger partial charge in [0.05, 0.1) is 13.2 Å². The van der Waals surface area contributed by atoms with Gasteiger partial charge in [-0.2, -0.15) is 11.8 Å². The van der Waals surface area contributed by atoms with Crippen molar-refractivity contribution in [1.82, 2.24) is 0 Å². The summed E-state index contributed by atoms with van der Waals surface area (Å²) in [7, 11) is 0. The van der Waals surface area contributed by atoms with Gasteiger partial charge in [0.15, 0.2) is 0 Å². The molecule has 6 heteroatoms. The molecule has 0 heterocycles. The summed E-state index contributed by atoms with van der Waals surface area (Å²) < 4.78 is 22.5. The molecule has 1 unspecified atom stereocenters. The Morgan fingerprint density at radius 3 is 2.13 bits per heavy atom. The predicted molar refractivity (Wildman–Crippen MR) is 70.9 cm³/mol. The molecule has 0 rings (SSSR count). The molecule has 1 atom stereocenters. The van der Waals surface area contributed by atoms with Crippen LogP contribution in [0.25, 0.3) is 0 Å². The van der Waals surface area contributed by atoms with E-state index >= 15 is 0 Å². The molecule has 0 aliphatic rings. The number of rotatable bonds is 9. The first-order valence-corrected chi connectivity index (χ1v) is 9.41. The van der Waals surface area contributed by atoms with Gasteiger partial charge in [0.2, 0.25) is 0 Å². The van der Waals surface area contributed by atoms with Crippen LogP contribution in [0.2, 0.25) is 0 Å². The van der Waals surface area contributed by atoms with Gasteiger partial charge in [-0.05, 0) is 31.0 Å². The molecule has 0 radical (unpaired) electrons.